The molecule has 136 valence electrons. The lowest BCUT2D eigenvalue weighted by Gasteiger charge is -2.29. The molecule has 26 heavy (non-hydrogen) atoms. The summed E-state index contributed by atoms with van der Waals surface area (Å²) in [6.45, 7) is 0. The first-order valence-corrected chi connectivity index (χ1v) is 11.1. The largest absolute Gasteiger partial charge is 0.315 e. The highest BCUT2D eigenvalue weighted by Crippen LogP contribution is 2.33. The Kier molecular flexibility index (Phi) is 5.25. The number of aryl methyl sites for hydroxylation is 1. The van der Waals surface area contributed by atoms with Crippen molar-refractivity contribution in [2.45, 2.75) is 36.6 Å². The number of carbonyl (C=O) groups excluding carboxylic acids is 2. The summed E-state index contributed by atoms with van der Waals surface area (Å²) < 4.78 is 0. The standard InChI is InChI=1S/C19H21N3O2S2/c20-8-15-9-25-11-22(15)19(24)16-18(26-10-21-16)17(23)14-6-5-12-3-1-2-4-13(12)7-14/h1-4,14-16,18,21H,5-7,9-11H2/t14-,15-,16+,18?/m1/s1. The van der Waals surface area contributed by atoms with Gasteiger partial charge in [-0.05, 0) is 30.4 Å². The Morgan fingerprint density at radius 3 is 2.88 bits per heavy atom. The summed E-state index contributed by atoms with van der Waals surface area (Å²) in [6.07, 6.45) is 2.55. The van der Waals surface area contributed by atoms with Crippen molar-refractivity contribution in [1.82, 2.24) is 10.2 Å². The molecule has 1 aromatic carbocycles. The maximum absolute atomic E-state index is 13.2. The highest BCUT2D eigenvalue weighted by atomic mass is 32.2. The van der Waals surface area contributed by atoms with E-state index in [1.54, 1.807) is 16.7 Å². The van der Waals surface area contributed by atoms with Crippen molar-refractivity contribution in [3.63, 3.8) is 0 Å². The molecule has 1 N–H and O–H groups in total. The zero-order valence-electron chi connectivity index (χ0n) is 14.4. The molecule has 0 saturated carbocycles. The molecule has 0 aromatic heterocycles. The highest BCUT2D eigenvalue weighted by Gasteiger charge is 2.45. The minimum absolute atomic E-state index is 0.0164. The van der Waals surface area contributed by atoms with E-state index < -0.39 is 6.04 Å². The number of Topliss-reactive ketones (excluding diaryl/α,β-unsaturated/α-hetero) is 1. The van der Waals surface area contributed by atoms with Gasteiger partial charge in [0.15, 0.2) is 5.78 Å². The topological polar surface area (TPSA) is 73.2 Å². The van der Waals surface area contributed by atoms with Crippen molar-refractivity contribution in [2.75, 3.05) is 17.5 Å². The third-order valence-electron chi connectivity index (χ3n) is 5.48. The minimum atomic E-state index is -0.501. The molecule has 1 amide bonds. The van der Waals surface area contributed by atoms with Gasteiger partial charge in [-0.2, -0.15) is 5.26 Å². The summed E-state index contributed by atoms with van der Waals surface area (Å²) in [5.41, 5.74) is 2.60. The van der Waals surface area contributed by atoms with Crippen LogP contribution in [0.2, 0.25) is 0 Å². The van der Waals surface area contributed by atoms with Crippen molar-refractivity contribution < 1.29 is 9.59 Å². The van der Waals surface area contributed by atoms with Gasteiger partial charge in [-0.3, -0.25) is 14.9 Å². The SMILES string of the molecule is N#C[C@@H]1CSCN1C(=O)[C@H]1NCSC1C(=O)[C@@H]1CCc2ccccc2C1. The monoisotopic (exact) mass is 387 g/mol. The number of amides is 1. The van der Waals surface area contributed by atoms with Crippen molar-refractivity contribution in [1.29, 1.82) is 5.26 Å². The Hall–Kier alpha value is -1.49. The molecule has 2 fully saturated rings. The van der Waals surface area contributed by atoms with Crippen LogP contribution in [0.15, 0.2) is 24.3 Å². The molecule has 7 heteroatoms. The number of fused-ring (bicyclic) bond motifs is 1. The lowest BCUT2D eigenvalue weighted by Crippen LogP contribution is -2.52. The molecule has 4 atom stereocenters. The lowest BCUT2D eigenvalue weighted by atomic mass is 9.80. The van der Waals surface area contributed by atoms with E-state index in [1.165, 1.54) is 22.9 Å². The van der Waals surface area contributed by atoms with Gasteiger partial charge in [0, 0.05) is 17.5 Å². The fourth-order valence-electron chi connectivity index (χ4n) is 4.01. The van der Waals surface area contributed by atoms with Gasteiger partial charge in [0.05, 0.1) is 17.2 Å². The van der Waals surface area contributed by atoms with E-state index in [1.807, 2.05) is 12.1 Å². The predicted molar refractivity (Wildman–Crippen MR) is 104 cm³/mol. The van der Waals surface area contributed by atoms with Crippen LogP contribution in [0.3, 0.4) is 0 Å². The van der Waals surface area contributed by atoms with Crippen molar-refractivity contribution >= 4 is 35.2 Å². The number of hydrogen-bond acceptors (Lipinski definition) is 6. The Labute approximate surface area is 161 Å². The van der Waals surface area contributed by atoms with Gasteiger partial charge in [-0.15, -0.1) is 23.5 Å². The molecule has 5 nitrogen and oxygen atoms in total. The highest BCUT2D eigenvalue weighted by molar-refractivity contribution is 8.01. The van der Waals surface area contributed by atoms with Crippen LogP contribution in [0.1, 0.15) is 17.5 Å². The van der Waals surface area contributed by atoms with Crippen molar-refractivity contribution in [2.24, 2.45) is 5.92 Å². The number of thioether (sulfide) groups is 2. The van der Waals surface area contributed by atoms with Gasteiger partial charge in [-0.25, -0.2) is 0 Å². The molecule has 1 aliphatic carbocycles. The van der Waals surface area contributed by atoms with E-state index in [4.69, 9.17) is 0 Å². The summed E-state index contributed by atoms with van der Waals surface area (Å²) in [7, 11) is 0. The molecule has 1 aromatic rings. The maximum Gasteiger partial charge on any atom is 0.243 e. The van der Waals surface area contributed by atoms with Crippen LogP contribution in [0, 0.1) is 17.2 Å². The molecule has 3 aliphatic rings. The zero-order chi connectivity index (χ0) is 18.1. The van der Waals surface area contributed by atoms with Crippen molar-refractivity contribution in [3.05, 3.63) is 35.4 Å². The Bertz CT molecular complexity index is 763. The second-order valence-electron chi connectivity index (χ2n) is 6.98. The second kappa shape index (κ2) is 7.63. The molecule has 2 heterocycles. The van der Waals surface area contributed by atoms with E-state index >= 15 is 0 Å². The normalized spacial score (nSPS) is 30.7. The summed E-state index contributed by atoms with van der Waals surface area (Å²) in [5.74, 6) is 1.87. The smallest absolute Gasteiger partial charge is 0.243 e. The summed E-state index contributed by atoms with van der Waals surface area (Å²) in [6, 6.07) is 9.64. The Morgan fingerprint density at radius 1 is 1.27 bits per heavy atom. The number of rotatable bonds is 3. The van der Waals surface area contributed by atoms with Crippen LogP contribution in [0.25, 0.3) is 0 Å². The molecule has 1 unspecified atom stereocenters. The maximum atomic E-state index is 13.2. The van der Waals surface area contributed by atoms with Gasteiger partial charge in [0.25, 0.3) is 0 Å². The van der Waals surface area contributed by atoms with E-state index in [0.717, 1.165) is 19.3 Å². The van der Waals surface area contributed by atoms with Crippen LogP contribution in [0.5, 0.6) is 0 Å². The fraction of sp³-hybridized carbons (Fsp3) is 0.526. The van der Waals surface area contributed by atoms with Gasteiger partial charge in [-0.1, -0.05) is 24.3 Å². The zero-order valence-corrected chi connectivity index (χ0v) is 16.0. The van der Waals surface area contributed by atoms with E-state index in [2.05, 4.69) is 23.5 Å². The number of nitriles is 1. The average Bonchev–Trinajstić information content (AvgIpc) is 3.35. The Morgan fingerprint density at radius 2 is 2.08 bits per heavy atom. The number of benzene rings is 1. The van der Waals surface area contributed by atoms with Gasteiger partial charge < -0.3 is 4.90 Å². The number of carbonyl (C=O) groups is 2. The van der Waals surface area contributed by atoms with E-state index in [-0.39, 0.29) is 28.9 Å². The lowest BCUT2D eigenvalue weighted by molar-refractivity contribution is -0.135. The van der Waals surface area contributed by atoms with Crippen LogP contribution in [-0.2, 0) is 22.4 Å². The van der Waals surface area contributed by atoms with E-state index in [0.29, 0.717) is 17.5 Å². The van der Waals surface area contributed by atoms with Gasteiger partial charge >= 0.3 is 0 Å². The summed E-state index contributed by atoms with van der Waals surface area (Å²) in [5, 5.41) is 12.1. The van der Waals surface area contributed by atoms with Crippen LogP contribution < -0.4 is 5.32 Å². The molecule has 2 aliphatic heterocycles. The summed E-state index contributed by atoms with van der Waals surface area (Å²) >= 11 is 3.13. The van der Waals surface area contributed by atoms with E-state index in [9.17, 15) is 14.9 Å². The van der Waals surface area contributed by atoms with Crippen LogP contribution >= 0.6 is 23.5 Å². The van der Waals surface area contributed by atoms with Crippen LogP contribution in [-0.4, -0.2) is 51.4 Å². The third-order valence-corrected chi connectivity index (χ3v) is 7.69. The molecular weight excluding hydrogens is 366 g/mol. The first-order chi connectivity index (χ1) is 12.7. The molecule has 0 bridgehead atoms. The molecule has 4 rings (SSSR count). The number of nitrogens with one attached hydrogen (secondary N) is 1. The molecule has 0 spiro atoms. The van der Waals surface area contributed by atoms with Crippen LogP contribution in [0.4, 0.5) is 0 Å². The predicted octanol–water partition coefficient (Wildman–Crippen LogP) is 1.82. The second-order valence-corrected chi connectivity index (χ2v) is 9.11. The quantitative estimate of drug-likeness (QED) is 0.853. The first-order valence-electron chi connectivity index (χ1n) is 8.92. The minimum Gasteiger partial charge on any atom is -0.315 e. The van der Waals surface area contributed by atoms with Gasteiger partial charge in [0.1, 0.15) is 12.1 Å². The third kappa shape index (κ3) is 3.26. The Balaban J connectivity index is 1.47. The number of ketones is 1. The molecule has 0 radical (unpaired) electrons. The first kappa shape index (κ1) is 17.9. The molecule has 2 saturated heterocycles. The number of hydrogen-bond donors (Lipinski definition) is 1. The fourth-order valence-corrected chi connectivity index (χ4v) is 6.32. The average molecular weight is 388 g/mol. The van der Waals surface area contributed by atoms with Crippen molar-refractivity contribution in [3.8, 4) is 6.07 Å². The summed E-state index contributed by atoms with van der Waals surface area (Å²) in [4.78, 5) is 27.8. The molecular formula is C19H21N3O2S2. The van der Waals surface area contributed by atoms with Gasteiger partial charge in [0.2, 0.25) is 5.91 Å². The number of nitrogens with zero attached hydrogens (tertiary/aromatic N) is 2.